The molecule has 1 N–H and O–H groups in total. The number of para-hydroxylation sites is 2. The van der Waals surface area contributed by atoms with Crippen LogP contribution in [0.25, 0.3) is 0 Å². The quantitative estimate of drug-likeness (QED) is 0.654. The van der Waals surface area contributed by atoms with Crippen LogP contribution in [0.4, 0.5) is 10.5 Å². The van der Waals surface area contributed by atoms with Crippen LogP contribution >= 0.6 is 0 Å². The molecule has 0 aromatic heterocycles. The maximum absolute atomic E-state index is 13.0. The van der Waals surface area contributed by atoms with E-state index in [4.69, 9.17) is 9.47 Å². The molecule has 0 saturated heterocycles. The first-order chi connectivity index (χ1) is 13.9. The van der Waals surface area contributed by atoms with E-state index < -0.39 is 0 Å². The first kappa shape index (κ1) is 22.2. The van der Waals surface area contributed by atoms with Gasteiger partial charge in [0.1, 0.15) is 5.75 Å². The molecule has 0 aliphatic rings. The number of nitrogens with zero attached hydrogens (tertiary/aromatic N) is 2. The van der Waals surface area contributed by atoms with Crippen molar-refractivity contribution < 1.29 is 19.1 Å². The molecule has 0 saturated carbocycles. The summed E-state index contributed by atoms with van der Waals surface area (Å²) in [6, 6.07) is 14.2. The van der Waals surface area contributed by atoms with Crippen molar-refractivity contribution in [2.45, 2.75) is 13.0 Å². The van der Waals surface area contributed by atoms with Crippen molar-refractivity contribution in [2.24, 2.45) is 0 Å². The van der Waals surface area contributed by atoms with Gasteiger partial charge in [-0.05, 0) is 56.9 Å². The minimum Gasteiger partial charge on any atom is -0.495 e. The lowest BCUT2D eigenvalue weighted by Gasteiger charge is -2.24. The Morgan fingerprint density at radius 3 is 2.28 bits per heavy atom. The summed E-state index contributed by atoms with van der Waals surface area (Å²) < 4.78 is 10.0. The SMILES string of the molecule is COC(=O)c1ccc(CN(CCCN(C)C)C(=O)Nc2ccccc2OC)cc1. The first-order valence-electron chi connectivity index (χ1n) is 9.45. The third-order valence-electron chi connectivity index (χ3n) is 4.42. The van der Waals surface area contributed by atoms with E-state index in [0.717, 1.165) is 18.5 Å². The average molecular weight is 399 g/mol. The van der Waals surface area contributed by atoms with Crippen LogP contribution in [0.1, 0.15) is 22.3 Å². The Labute approximate surface area is 172 Å². The highest BCUT2D eigenvalue weighted by Gasteiger charge is 2.16. The Bertz CT molecular complexity index is 806. The Hall–Kier alpha value is -3.06. The number of rotatable bonds is 9. The van der Waals surface area contributed by atoms with E-state index in [1.54, 1.807) is 36.3 Å². The van der Waals surface area contributed by atoms with Crippen molar-refractivity contribution in [3.63, 3.8) is 0 Å². The Kier molecular flexibility index (Phi) is 8.48. The molecule has 0 radical (unpaired) electrons. The summed E-state index contributed by atoms with van der Waals surface area (Å²) in [5.41, 5.74) is 2.03. The van der Waals surface area contributed by atoms with Gasteiger partial charge in [0.15, 0.2) is 0 Å². The summed E-state index contributed by atoms with van der Waals surface area (Å²) in [6.07, 6.45) is 0.840. The van der Waals surface area contributed by atoms with E-state index >= 15 is 0 Å². The Balaban J connectivity index is 2.12. The highest BCUT2D eigenvalue weighted by molar-refractivity contribution is 5.91. The number of esters is 1. The summed E-state index contributed by atoms with van der Waals surface area (Å²) in [5.74, 6) is 0.227. The largest absolute Gasteiger partial charge is 0.495 e. The molecule has 7 nitrogen and oxygen atoms in total. The van der Waals surface area contributed by atoms with Gasteiger partial charge in [0.05, 0.1) is 25.5 Å². The normalized spacial score (nSPS) is 10.5. The van der Waals surface area contributed by atoms with Gasteiger partial charge in [-0.25, -0.2) is 9.59 Å². The van der Waals surface area contributed by atoms with E-state index in [0.29, 0.717) is 30.1 Å². The van der Waals surface area contributed by atoms with Gasteiger partial charge in [-0.1, -0.05) is 24.3 Å². The van der Waals surface area contributed by atoms with Crippen LogP contribution in [0.5, 0.6) is 5.75 Å². The predicted molar refractivity (Wildman–Crippen MR) is 113 cm³/mol. The van der Waals surface area contributed by atoms with Crippen LogP contribution in [-0.4, -0.2) is 63.2 Å². The lowest BCUT2D eigenvalue weighted by molar-refractivity contribution is 0.0600. The van der Waals surface area contributed by atoms with E-state index in [1.165, 1.54) is 7.11 Å². The molecule has 2 rings (SSSR count). The van der Waals surface area contributed by atoms with E-state index in [9.17, 15) is 9.59 Å². The number of amides is 2. The summed E-state index contributed by atoms with van der Waals surface area (Å²) in [6.45, 7) is 1.90. The van der Waals surface area contributed by atoms with Gasteiger partial charge in [0.25, 0.3) is 0 Å². The van der Waals surface area contributed by atoms with E-state index in [-0.39, 0.29) is 12.0 Å². The van der Waals surface area contributed by atoms with Crippen molar-refractivity contribution in [1.82, 2.24) is 9.80 Å². The molecule has 7 heteroatoms. The number of hydrogen-bond acceptors (Lipinski definition) is 5. The third kappa shape index (κ3) is 6.80. The zero-order chi connectivity index (χ0) is 21.2. The molecule has 156 valence electrons. The molecular weight excluding hydrogens is 370 g/mol. The van der Waals surface area contributed by atoms with Crippen molar-refractivity contribution in [3.05, 3.63) is 59.7 Å². The molecule has 0 spiro atoms. The van der Waals surface area contributed by atoms with Gasteiger partial charge in [0, 0.05) is 13.1 Å². The smallest absolute Gasteiger partial charge is 0.337 e. The second-order valence-corrected chi connectivity index (χ2v) is 6.90. The van der Waals surface area contributed by atoms with Crippen molar-refractivity contribution >= 4 is 17.7 Å². The van der Waals surface area contributed by atoms with Crippen LogP contribution in [-0.2, 0) is 11.3 Å². The fourth-order valence-corrected chi connectivity index (χ4v) is 2.86. The average Bonchev–Trinajstić information content (AvgIpc) is 2.73. The molecule has 0 atom stereocenters. The number of hydrogen-bond donors (Lipinski definition) is 1. The Morgan fingerprint density at radius 2 is 1.66 bits per heavy atom. The number of anilines is 1. The van der Waals surface area contributed by atoms with Gasteiger partial charge in [-0.3, -0.25) is 0 Å². The molecule has 0 unspecified atom stereocenters. The number of carbonyl (C=O) groups excluding carboxylic acids is 2. The molecule has 2 aromatic carbocycles. The fourth-order valence-electron chi connectivity index (χ4n) is 2.86. The molecule has 0 heterocycles. The molecular formula is C22H29N3O4. The van der Waals surface area contributed by atoms with Crippen LogP contribution in [0, 0.1) is 0 Å². The summed E-state index contributed by atoms with van der Waals surface area (Å²) in [4.78, 5) is 28.4. The topological polar surface area (TPSA) is 71.1 Å². The highest BCUT2D eigenvalue weighted by Crippen LogP contribution is 2.23. The highest BCUT2D eigenvalue weighted by atomic mass is 16.5. The summed E-state index contributed by atoms with van der Waals surface area (Å²) in [7, 11) is 6.93. The number of benzene rings is 2. The molecule has 29 heavy (non-hydrogen) atoms. The van der Waals surface area contributed by atoms with Gasteiger partial charge < -0.3 is 24.6 Å². The van der Waals surface area contributed by atoms with E-state index in [2.05, 4.69) is 10.2 Å². The molecule has 2 amide bonds. The third-order valence-corrected chi connectivity index (χ3v) is 4.42. The maximum Gasteiger partial charge on any atom is 0.337 e. The van der Waals surface area contributed by atoms with Gasteiger partial charge in [0.2, 0.25) is 0 Å². The predicted octanol–water partition coefficient (Wildman–Crippen LogP) is 3.47. The number of methoxy groups -OCH3 is 2. The first-order valence-corrected chi connectivity index (χ1v) is 9.45. The standard InChI is InChI=1S/C22H29N3O4/c1-24(2)14-7-15-25(16-17-10-12-18(13-11-17)21(26)29-4)22(27)23-19-8-5-6-9-20(19)28-3/h5-6,8-13H,7,14-16H2,1-4H3,(H,23,27). The molecule has 0 aliphatic heterocycles. The van der Waals surface area contributed by atoms with Crippen LogP contribution in [0.3, 0.4) is 0 Å². The fraction of sp³-hybridized carbons (Fsp3) is 0.364. The zero-order valence-corrected chi connectivity index (χ0v) is 17.5. The van der Waals surface area contributed by atoms with Gasteiger partial charge in [-0.2, -0.15) is 0 Å². The van der Waals surface area contributed by atoms with E-state index in [1.807, 2.05) is 38.4 Å². The second kappa shape index (κ2) is 11.1. The second-order valence-electron chi connectivity index (χ2n) is 6.90. The zero-order valence-electron chi connectivity index (χ0n) is 17.5. The van der Waals surface area contributed by atoms with Gasteiger partial charge in [-0.15, -0.1) is 0 Å². The minimum absolute atomic E-state index is 0.203. The van der Waals surface area contributed by atoms with Crippen molar-refractivity contribution in [1.29, 1.82) is 0 Å². The number of carbonyl (C=O) groups is 2. The minimum atomic E-state index is -0.381. The molecule has 0 fully saturated rings. The molecule has 2 aromatic rings. The number of ether oxygens (including phenoxy) is 2. The monoisotopic (exact) mass is 399 g/mol. The molecule has 0 aliphatic carbocycles. The van der Waals surface area contributed by atoms with Crippen molar-refractivity contribution in [3.8, 4) is 5.75 Å². The molecule has 0 bridgehead atoms. The van der Waals surface area contributed by atoms with Crippen LogP contribution in [0.2, 0.25) is 0 Å². The number of nitrogens with one attached hydrogen (secondary N) is 1. The number of urea groups is 1. The summed E-state index contributed by atoms with van der Waals surface area (Å²) in [5, 5.41) is 2.93. The lowest BCUT2D eigenvalue weighted by Crippen LogP contribution is -2.36. The lowest BCUT2D eigenvalue weighted by atomic mass is 10.1. The Morgan fingerprint density at radius 1 is 0.966 bits per heavy atom. The maximum atomic E-state index is 13.0. The van der Waals surface area contributed by atoms with Crippen LogP contribution < -0.4 is 10.1 Å². The van der Waals surface area contributed by atoms with Crippen molar-refractivity contribution in [2.75, 3.05) is 46.7 Å². The van der Waals surface area contributed by atoms with Gasteiger partial charge >= 0.3 is 12.0 Å². The summed E-state index contributed by atoms with van der Waals surface area (Å²) >= 11 is 0. The van der Waals surface area contributed by atoms with Crippen LogP contribution in [0.15, 0.2) is 48.5 Å².